The van der Waals surface area contributed by atoms with E-state index in [-0.39, 0.29) is 11.4 Å². The molecule has 2 aromatic heterocycles. The number of carbonyl (C=O) groups excluding carboxylic acids is 1. The molecule has 0 aliphatic heterocycles. The molecule has 0 unspecified atom stereocenters. The van der Waals surface area contributed by atoms with Crippen LogP contribution in [0.1, 0.15) is 10.5 Å². The standard InChI is InChI=1S/C9H6FN3O2/c10-6-3-7(5-11-4-6)12-9(14)8-1-2-15-13-8/h1-5H,(H,12,14). The number of aromatic nitrogens is 2. The highest BCUT2D eigenvalue weighted by Crippen LogP contribution is 2.08. The van der Waals surface area contributed by atoms with Gasteiger partial charge in [0.1, 0.15) is 12.1 Å². The Morgan fingerprint density at radius 2 is 2.33 bits per heavy atom. The largest absolute Gasteiger partial charge is 0.364 e. The van der Waals surface area contributed by atoms with Gasteiger partial charge in [0.05, 0.1) is 18.1 Å². The Kier molecular flexibility index (Phi) is 2.40. The zero-order valence-electron chi connectivity index (χ0n) is 7.48. The van der Waals surface area contributed by atoms with Gasteiger partial charge in [0, 0.05) is 12.1 Å². The lowest BCUT2D eigenvalue weighted by atomic mass is 10.3. The minimum atomic E-state index is -0.520. The van der Waals surface area contributed by atoms with Gasteiger partial charge in [0.25, 0.3) is 5.91 Å². The van der Waals surface area contributed by atoms with Gasteiger partial charge in [-0.15, -0.1) is 0 Å². The number of rotatable bonds is 2. The maximum absolute atomic E-state index is 12.7. The number of nitrogens with zero attached hydrogens (tertiary/aromatic N) is 2. The van der Waals surface area contributed by atoms with Crippen LogP contribution in [0.4, 0.5) is 10.1 Å². The van der Waals surface area contributed by atoms with Crippen LogP contribution in [0.25, 0.3) is 0 Å². The predicted molar refractivity (Wildman–Crippen MR) is 48.7 cm³/mol. The van der Waals surface area contributed by atoms with Crippen molar-refractivity contribution < 1.29 is 13.7 Å². The van der Waals surface area contributed by atoms with Crippen LogP contribution in [0, 0.1) is 5.82 Å². The first-order chi connectivity index (χ1) is 7.25. The molecule has 0 radical (unpaired) electrons. The zero-order valence-corrected chi connectivity index (χ0v) is 7.48. The van der Waals surface area contributed by atoms with Crippen molar-refractivity contribution in [2.75, 3.05) is 5.32 Å². The molecule has 2 heterocycles. The molecule has 76 valence electrons. The van der Waals surface area contributed by atoms with Crippen molar-refractivity contribution in [3.63, 3.8) is 0 Å². The summed E-state index contributed by atoms with van der Waals surface area (Å²) in [6.45, 7) is 0. The molecular weight excluding hydrogens is 201 g/mol. The molecule has 2 rings (SSSR count). The average Bonchev–Trinajstić information content (AvgIpc) is 2.70. The van der Waals surface area contributed by atoms with E-state index in [1.54, 1.807) is 0 Å². The second-order valence-corrected chi connectivity index (χ2v) is 2.73. The van der Waals surface area contributed by atoms with E-state index in [0.717, 1.165) is 12.3 Å². The molecule has 5 nitrogen and oxygen atoms in total. The third-order valence-corrected chi connectivity index (χ3v) is 1.63. The summed E-state index contributed by atoms with van der Waals surface area (Å²) in [7, 11) is 0. The molecule has 2 aromatic rings. The van der Waals surface area contributed by atoms with Crippen LogP contribution in [0.5, 0.6) is 0 Å². The molecule has 6 heteroatoms. The van der Waals surface area contributed by atoms with Crippen LogP contribution in [0.2, 0.25) is 0 Å². The lowest BCUT2D eigenvalue weighted by molar-refractivity contribution is 0.101. The number of carbonyl (C=O) groups is 1. The fourth-order valence-electron chi connectivity index (χ4n) is 1.01. The summed E-state index contributed by atoms with van der Waals surface area (Å²) in [4.78, 5) is 15.0. The van der Waals surface area contributed by atoms with Gasteiger partial charge >= 0.3 is 0 Å². The summed E-state index contributed by atoms with van der Waals surface area (Å²) in [6, 6.07) is 2.56. The highest BCUT2D eigenvalue weighted by molar-refractivity contribution is 6.02. The molecule has 1 amide bonds. The quantitative estimate of drug-likeness (QED) is 0.809. The molecule has 0 aromatic carbocycles. The second-order valence-electron chi connectivity index (χ2n) is 2.73. The number of amides is 1. The maximum atomic E-state index is 12.7. The molecule has 0 atom stereocenters. The van der Waals surface area contributed by atoms with Crippen LogP contribution in [0.3, 0.4) is 0 Å². The maximum Gasteiger partial charge on any atom is 0.277 e. The molecule has 0 bridgehead atoms. The van der Waals surface area contributed by atoms with Crippen LogP contribution in [-0.2, 0) is 0 Å². The van der Waals surface area contributed by atoms with Gasteiger partial charge in [0.15, 0.2) is 5.69 Å². The second kappa shape index (κ2) is 3.87. The Morgan fingerprint density at radius 1 is 1.47 bits per heavy atom. The monoisotopic (exact) mass is 207 g/mol. The summed E-state index contributed by atoms with van der Waals surface area (Å²) in [5.74, 6) is -0.996. The molecule has 0 fully saturated rings. The van der Waals surface area contributed by atoms with E-state index in [9.17, 15) is 9.18 Å². The first-order valence-electron chi connectivity index (χ1n) is 4.08. The van der Waals surface area contributed by atoms with E-state index in [1.165, 1.54) is 18.5 Å². The van der Waals surface area contributed by atoms with E-state index in [0.29, 0.717) is 0 Å². The molecule has 0 spiro atoms. The zero-order chi connectivity index (χ0) is 10.7. The number of anilines is 1. The van der Waals surface area contributed by atoms with Crippen LogP contribution < -0.4 is 5.32 Å². The fraction of sp³-hybridized carbons (Fsp3) is 0. The van der Waals surface area contributed by atoms with E-state index >= 15 is 0 Å². The van der Waals surface area contributed by atoms with Crippen molar-refractivity contribution in [1.82, 2.24) is 10.1 Å². The molecule has 0 saturated heterocycles. The lowest BCUT2D eigenvalue weighted by Crippen LogP contribution is -2.12. The topological polar surface area (TPSA) is 68.0 Å². The highest BCUT2D eigenvalue weighted by atomic mass is 19.1. The van der Waals surface area contributed by atoms with Gasteiger partial charge in [0.2, 0.25) is 0 Å². The van der Waals surface area contributed by atoms with Gasteiger partial charge in [-0.1, -0.05) is 5.16 Å². The normalized spacial score (nSPS) is 9.93. The van der Waals surface area contributed by atoms with Crippen LogP contribution in [0.15, 0.2) is 35.3 Å². The SMILES string of the molecule is O=C(Nc1cncc(F)c1)c1ccon1. The summed E-state index contributed by atoms with van der Waals surface area (Å²) < 4.78 is 17.2. The Hall–Kier alpha value is -2.24. The molecule has 0 aliphatic rings. The molecule has 15 heavy (non-hydrogen) atoms. The average molecular weight is 207 g/mol. The Bertz CT molecular complexity index is 470. The van der Waals surface area contributed by atoms with Crippen molar-refractivity contribution in [2.45, 2.75) is 0 Å². The summed E-state index contributed by atoms with van der Waals surface area (Å²) in [6.07, 6.45) is 3.66. The van der Waals surface area contributed by atoms with Gasteiger partial charge in [-0.25, -0.2) is 4.39 Å². The minimum absolute atomic E-state index is 0.124. The molecule has 0 saturated carbocycles. The van der Waals surface area contributed by atoms with E-state index in [2.05, 4.69) is 20.0 Å². The number of pyridine rings is 1. The van der Waals surface area contributed by atoms with E-state index < -0.39 is 11.7 Å². The minimum Gasteiger partial charge on any atom is -0.364 e. The van der Waals surface area contributed by atoms with Gasteiger partial charge in [-0.05, 0) is 0 Å². The summed E-state index contributed by atoms with van der Waals surface area (Å²) in [5.41, 5.74) is 0.391. The number of hydrogen-bond acceptors (Lipinski definition) is 4. The number of nitrogens with one attached hydrogen (secondary N) is 1. The number of hydrogen-bond donors (Lipinski definition) is 1. The third kappa shape index (κ3) is 2.16. The van der Waals surface area contributed by atoms with E-state index in [1.807, 2.05) is 0 Å². The van der Waals surface area contributed by atoms with Crippen molar-refractivity contribution in [1.29, 1.82) is 0 Å². The van der Waals surface area contributed by atoms with Gasteiger partial charge in [-0.2, -0.15) is 0 Å². The Balaban J connectivity index is 2.13. The van der Waals surface area contributed by atoms with Gasteiger partial charge < -0.3 is 9.84 Å². The van der Waals surface area contributed by atoms with E-state index in [4.69, 9.17) is 0 Å². The predicted octanol–water partition coefficient (Wildman–Crippen LogP) is 1.46. The third-order valence-electron chi connectivity index (χ3n) is 1.63. The number of halogens is 1. The van der Waals surface area contributed by atoms with Crippen molar-refractivity contribution >= 4 is 11.6 Å². The molecule has 1 N–H and O–H groups in total. The van der Waals surface area contributed by atoms with Crippen molar-refractivity contribution in [2.24, 2.45) is 0 Å². The smallest absolute Gasteiger partial charge is 0.277 e. The van der Waals surface area contributed by atoms with Crippen LogP contribution >= 0.6 is 0 Å². The Morgan fingerprint density at radius 3 is 3.00 bits per heavy atom. The lowest BCUT2D eigenvalue weighted by Gasteiger charge is -2.01. The molecular formula is C9H6FN3O2. The summed E-state index contributed by atoms with van der Waals surface area (Å²) >= 11 is 0. The van der Waals surface area contributed by atoms with Gasteiger partial charge in [-0.3, -0.25) is 9.78 Å². The fourth-order valence-corrected chi connectivity index (χ4v) is 1.01. The Labute approximate surface area is 83.9 Å². The molecule has 0 aliphatic carbocycles. The first kappa shape index (κ1) is 9.32. The van der Waals surface area contributed by atoms with Crippen molar-refractivity contribution in [3.8, 4) is 0 Å². The summed E-state index contributed by atoms with van der Waals surface area (Å²) in [5, 5.41) is 5.85. The van der Waals surface area contributed by atoms with Crippen molar-refractivity contribution in [3.05, 3.63) is 42.3 Å². The first-order valence-corrected chi connectivity index (χ1v) is 4.08. The van der Waals surface area contributed by atoms with Crippen LogP contribution in [-0.4, -0.2) is 16.0 Å². The highest BCUT2D eigenvalue weighted by Gasteiger charge is 2.09.